The number of phenols is 1. The summed E-state index contributed by atoms with van der Waals surface area (Å²) in [6.45, 7) is 4.05. The molecule has 0 bridgehead atoms. The Bertz CT molecular complexity index is 751. The molecule has 4 atom stereocenters. The fraction of sp³-hybridized carbons (Fsp3) is 0.524. The van der Waals surface area contributed by atoms with Crippen molar-refractivity contribution in [1.29, 1.82) is 0 Å². The molecule has 2 N–H and O–H groups in total. The molecule has 1 fully saturated rings. The Morgan fingerprint density at radius 2 is 2.09 bits per heavy atom. The van der Waals surface area contributed by atoms with Crippen LogP contribution in [0.2, 0.25) is 0 Å². The molecule has 0 heterocycles. The van der Waals surface area contributed by atoms with E-state index in [1.54, 1.807) is 6.07 Å². The summed E-state index contributed by atoms with van der Waals surface area (Å²) in [7, 11) is 0. The molecule has 0 spiro atoms. The predicted octanol–water partition coefficient (Wildman–Crippen LogP) is 3.91. The lowest BCUT2D eigenvalue weighted by atomic mass is 9.57. The lowest BCUT2D eigenvalue weighted by molar-refractivity contribution is -0.0301. The van der Waals surface area contributed by atoms with E-state index < -0.39 is 5.60 Å². The van der Waals surface area contributed by atoms with E-state index in [9.17, 15) is 10.2 Å². The summed E-state index contributed by atoms with van der Waals surface area (Å²) in [4.78, 5) is 0. The van der Waals surface area contributed by atoms with Gasteiger partial charge in [0, 0.05) is 5.41 Å². The van der Waals surface area contributed by atoms with Gasteiger partial charge in [0.05, 0.1) is 0 Å². The molecule has 2 nitrogen and oxygen atoms in total. The van der Waals surface area contributed by atoms with Gasteiger partial charge in [0.15, 0.2) is 0 Å². The molecule has 0 saturated heterocycles. The van der Waals surface area contributed by atoms with Crippen molar-refractivity contribution in [2.75, 3.05) is 0 Å². The van der Waals surface area contributed by atoms with Crippen LogP contribution in [0.4, 0.5) is 0 Å². The highest BCUT2D eigenvalue weighted by molar-refractivity contribution is 5.74. The van der Waals surface area contributed by atoms with E-state index in [1.165, 1.54) is 16.7 Å². The summed E-state index contributed by atoms with van der Waals surface area (Å²) >= 11 is 0. The third-order valence-electron chi connectivity index (χ3n) is 6.67. The number of aliphatic hydroxyl groups is 1. The minimum absolute atomic E-state index is 0.140. The maximum absolute atomic E-state index is 11.1. The van der Waals surface area contributed by atoms with Gasteiger partial charge in [-0.05, 0) is 79.7 Å². The second kappa shape index (κ2) is 4.89. The van der Waals surface area contributed by atoms with Gasteiger partial charge < -0.3 is 10.2 Å². The van der Waals surface area contributed by atoms with Crippen molar-refractivity contribution in [1.82, 2.24) is 0 Å². The van der Waals surface area contributed by atoms with Crippen molar-refractivity contribution < 1.29 is 10.2 Å². The van der Waals surface area contributed by atoms with E-state index in [1.807, 2.05) is 13.0 Å². The fourth-order valence-corrected chi connectivity index (χ4v) is 5.39. The van der Waals surface area contributed by atoms with Crippen LogP contribution in [0.3, 0.4) is 0 Å². The number of aryl methyl sites for hydroxylation is 1. The topological polar surface area (TPSA) is 40.5 Å². The Labute approximate surface area is 138 Å². The van der Waals surface area contributed by atoms with Crippen molar-refractivity contribution in [3.05, 3.63) is 35.4 Å². The lowest BCUT2D eigenvalue weighted by Gasteiger charge is -2.48. The molecule has 2 unspecified atom stereocenters. The number of phenolic OH excluding ortho intramolecular Hbond substituents is 1. The number of benzene rings is 1. The molecule has 0 aliphatic heterocycles. The second-order valence-corrected chi connectivity index (χ2v) is 7.65. The summed E-state index contributed by atoms with van der Waals surface area (Å²) < 4.78 is 0. The van der Waals surface area contributed by atoms with Crippen LogP contribution >= 0.6 is 0 Å². The minimum atomic E-state index is -0.844. The van der Waals surface area contributed by atoms with Crippen LogP contribution in [0.25, 0.3) is 5.57 Å². The first kappa shape index (κ1) is 14.8. The Balaban J connectivity index is 1.79. The molecule has 0 radical (unpaired) electrons. The lowest BCUT2D eigenvalue weighted by Crippen LogP contribution is -2.47. The number of hydrogen-bond acceptors (Lipinski definition) is 2. The Kier molecular flexibility index (Phi) is 3.15. The van der Waals surface area contributed by atoms with Gasteiger partial charge in [-0.1, -0.05) is 25.0 Å². The highest BCUT2D eigenvalue weighted by Gasteiger charge is 2.59. The molecule has 1 aromatic carbocycles. The van der Waals surface area contributed by atoms with Gasteiger partial charge in [0.25, 0.3) is 0 Å². The van der Waals surface area contributed by atoms with Crippen molar-refractivity contribution in [2.24, 2.45) is 17.3 Å². The zero-order valence-electron chi connectivity index (χ0n) is 13.9. The fourth-order valence-electron chi connectivity index (χ4n) is 5.39. The van der Waals surface area contributed by atoms with Gasteiger partial charge in [-0.2, -0.15) is 0 Å². The van der Waals surface area contributed by atoms with Crippen LogP contribution in [-0.4, -0.2) is 15.8 Å². The average Bonchev–Trinajstić information content (AvgIpc) is 2.79. The third-order valence-corrected chi connectivity index (χ3v) is 6.67. The van der Waals surface area contributed by atoms with Gasteiger partial charge in [-0.25, -0.2) is 0 Å². The number of hydrogen-bond donors (Lipinski definition) is 2. The molecule has 120 valence electrons. The predicted molar refractivity (Wildman–Crippen MR) is 91.7 cm³/mol. The summed E-state index contributed by atoms with van der Waals surface area (Å²) in [5.74, 6) is 7.45. The Morgan fingerprint density at radius 1 is 1.26 bits per heavy atom. The van der Waals surface area contributed by atoms with Crippen molar-refractivity contribution in [2.45, 2.75) is 51.6 Å². The molecular weight excluding hydrogens is 284 g/mol. The SMILES string of the molecule is CC#C[C@]1(O)CCC2C3CCc4cc(O)ccc4C3=CC[C@@]21C. The summed E-state index contributed by atoms with van der Waals surface area (Å²) in [5.41, 5.74) is 3.01. The third kappa shape index (κ3) is 1.93. The van der Waals surface area contributed by atoms with Crippen LogP contribution in [0.1, 0.15) is 50.7 Å². The van der Waals surface area contributed by atoms with Crippen molar-refractivity contribution in [3.63, 3.8) is 0 Å². The van der Waals surface area contributed by atoms with E-state index in [4.69, 9.17) is 0 Å². The van der Waals surface area contributed by atoms with Gasteiger partial charge in [-0.3, -0.25) is 0 Å². The van der Waals surface area contributed by atoms with Gasteiger partial charge in [-0.15, -0.1) is 5.92 Å². The molecule has 1 saturated carbocycles. The largest absolute Gasteiger partial charge is 0.508 e. The number of allylic oxidation sites excluding steroid dienone is 2. The van der Waals surface area contributed by atoms with Crippen molar-refractivity contribution >= 4 is 5.57 Å². The average molecular weight is 308 g/mol. The molecule has 0 aromatic heterocycles. The molecule has 3 aliphatic rings. The van der Waals surface area contributed by atoms with E-state index in [0.717, 1.165) is 32.1 Å². The molecule has 2 heteroatoms. The van der Waals surface area contributed by atoms with Crippen LogP contribution in [0.5, 0.6) is 5.75 Å². The van der Waals surface area contributed by atoms with E-state index in [0.29, 0.717) is 17.6 Å². The van der Waals surface area contributed by atoms with E-state index >= 15 is 0 Å². The smallest absolute Gasteiger partial charge is 0.131 e. The summed E-state index contributed by atoms with van der Waals surface area (Å²) in [5, 5.41) is 20.9. The Morgan fingerprint density at radius 3 is 2.87 bits per heavy atom. The molecule has 4 rings (SSSR count). The summed E-state index contributed by atoms with van der Waals surface area (Å²) in [6.07, 6.45) is 7.18. The summed E-state index contributed by atoms with van der Waals surface area (Å²) in [6, 6.07) is 5.77. The Hall–Kier alpha value is -1.72. The molecule has 0 amide bonds. The minimum Gasteiger partial charge on any atom is -0.508 e. The van der Waals surface area contributed by atoms with Crippen molar-refractivity contribution in [3.8, 4) is 17.6 Å². The zero-order valence-corrected chi connectivity index (χ0v) is 13.9. The van der Waals surface area contributed by atoms with Crippen LogP contribution in [-0.2, 0) is 6.42 Å². The first-order chi connectivity index (χ1) is 11.0. The maximum atomic E-state index is 11.1. The number of rotatable bonds is 0. The molecule has 3 aliphatic carbocycles. The van der Waals surface area contributed by atoms with Crippen LogP contribution in [0.15, 0.2) is 24.3 Å². The standard InChI is InChI=1S/C21H24O2/c1-3-10-21(23)12-9-19-18-6-4-14-13-15(22)5-7-16(14)17(18)8-11-20(19,21)2/h5,7-8,13,18-19,22-23H,4,6,9,11-12H2,1-2H3/t18?,19?,20-,21-/m0/s1. The monoisotopic (exact) mass is 308 g/mol. The molecule has 23 heavy (non-hydrogen) atoms. The quantitative estimate of drug-likeness (QED) is 0.713. The molecule has 1 aromatic rings. The van der Waals surface area contributed by atoms with Crippen LogP contribution < -0.4 is 0 Å². The number of aromatic hydroxyl groups is 1. The van der Waals surface area contributed by atoms with Crippen LogP contribution in [0, 0.1) is 29.1 Å². The first-order valence-electron chi connectivity index (χ1n) is 8.67. The van der Waals surface area contributed by atoms with Gasteiger partial charge in [0.2, 0.25) is 0 Å². The highest BCUT2D eigenvalue weighted by atomic mass is 16.3. The number of fused-ring (bicyclic) bond motifs is 5. The molecular formula is C21H24O2. The van der Waals surface area contributed by atoms with E-state index in [2.05, 4.69) is 30.9 Å². The maximum Gasteiger partial charge on any atom is 0.131 e. The van der Waals surface area contributed by atoms with E-state index in [-0.39, 0.29) is 5.41 Å². The zero-order chi connectivity index (χ0) is 16.2. The highest BCUT2D eigenvalue weighted by Crippen LogP contribution is 2.62. The second-order valence-electron chi connectivity index (χ2n) is 7.65. The normalized spacial score (nSPS) is 37.8. The van der Waals surface area contributed by atoms with Gasteiger partial charge >= 0.3 is 0 Å². The first-order valence-corrected chi connectivity index (χ1v) is 8.67. The van der Waals surface area contributed by atoms with Gasteiger partial charge in [0.1, 0.15) is 11.4 Å².